The molecule has 0 radical (unpaired) electrons. The van der Waals surface area contributed by atoms with Crippen molar-refractivity contribution in [3.63, 3.8) is 0 Å². The van der Waals surface area contributed by atoms with Crippen molar-refractivity contribution in [2.45, 2.75) is 57.6 Å². The highest BCUT2D eigenvalue weighted by Crippen LogP contribution is 2.32. The smallest absolute Gasteiger partial charge is 0.256 e. The summed E-state index contributed by atoms with van der Waals surface area (Å²) in [4.78, 5) is 16.7. The number of likely N-dealkylation sites (tertiary alicyclic amines) is 1. The van der Waals surface area contributed by atoms with E-state index in [0.29, 0.717) is 0 Å². The van der Waals surface area contributed by atoms with E-state index in [0.717, 1.165) is 6.92 Å². The maximum atomic E-state index is 14.5. The molecule has 0 unspecified atom stereocenters. The van der Waals surface area contributed by atoms with E-state index in [1.807, 2.05) is 0 Å². The first-order chi connectivity index (χ1) is 23.8. The molecule has 0 atom stereocenters. The number of piperidine rings is 1. The van der Waals surface area contributed by atoms with E-state index in [1.54, 1.807) is 0 Å². The minimum atomic E-state index is -4.53. The van der Waals surface area contributed by atoms with Crippen LogP contribution in [0.25, 0.3) is 11.0 Å². The third-order valence-electron chi connectivity index (χ3n) is 4.00. The van der Waals surface area contributed by atoms with Crippen molar-refractivity contribution in [1.29, 1.82) is 0 Å². The summed E-state index contributed by atoms with van der Waals surface area (Å²) in [5.74, 6) is -7.19. The lowest BCUT2D eigenvalue weighted by molar-refractivity contribution is 0.211. The summed E-state index contributed by atoms with van der Waals surface area (Å²) in [6.07, 6.45) is -24.3. The molecule has 5 rings (SSSR count). The Balaban J connectivity index is 1.82. The highest BCUT2D eigenvalue weighted by atomic mass is 19.1. The summed E-state index contributed by atoms with van der Waals surface area (Å²) < 4.78 is 223. The van der Waals surface area contributed by atoms with E-state index in [-0.39, 0.29) is 0 Å². The lowest BCUT2D eigenvalue weighted by atomic mass is 9.91. The van der Waals surface area contributed by atoms with Crippen molar-refractivity contribution < 1.29 is 41.8 Å². The zero-order valence-corrected chi connectivity index (χ0v) is 15.0. The molecule has 1 aromatic carbocycles. The molecular formula is C23H27FN4O2. The zero-order valence-electron chi connectivity index (χ0n) is 39.0. The lowest BCUT2D eigenvalue weighted by Gasteiger charge is -2.31. The number of hydrogen-bond acceptors (Lipinski definition) is 5. The molecule has 6 nitrogen and oxygen atoms in total. The summed E-state index contributed by atoms with van der Waals surface area (Å²) in [5.41, 5.74) is -7.29. The topological polar surface area (TPSA) is 64.2 Å². The van der Waals surface area contributed by atoms with Gasteiger partial charge in [0, 0.05) is 76.7 Å². The molecular weight excluding hydrogens is 383 g/mol. The van der Waals surface area contributed by atoms with Gasteiger partial charge in [-0.3, -0.25) is 9.36 Å². The van der Waals surface area contributed by atoms with E-state index >= 15 is 0 Å². The van der Waals surface area contributed by atoms with Gasteiger partial charge in [0.15, 0.2) is 5.58 Å². The van der Waals surface area contributed by atoms with Gasteiger partial charge in [0.1, 0.15) is 11.6 Å². The normalized spacial score (nSPS) is 45.3. The van der Waals surface area contributed by atoms with Crippen LogP contribution in [0.5, 0.6) is 0 Å². The largest absolute Gasteiger partial charge is 0.356 e. The minimum Gasteiger partial charge on any atom is -0.356 e. The van der Waals surface area contributed by atoms with Crippen LogP contribution in [-0.4, -0.2) is 39.1 Å². The molecule has 0 N–H and O–H groups in total. The van der Waals surface area contributed by atoms with Crippen LogP contribution in [0.2, 0.25) is 0 Å². The van der Waals surface area contributed by atoms with Crippen molar-refractivity contribution in [3.8, 4) is 0 Å². The fraction of sp³-hybridized carbons (Fsp3) is 0.522. The van der Waals surface area contributed by atoms with Crippen LogP contribution < -0.4 is 5.56 Å². The average Bonchev–Trinajstić information content (AvgIpc) is 3.45. The molecule has 30 heavy (non-hydrogen) atoms. The fourth-order valence-electron chi connectivity index (χ4n) is 2.61. The second-order valence-electron chi connectivity index (χ2n) is 5.87. The second kappa shape index (κ2) is 7.95. The van der Waals surface area contributed by atoms with Gasteiger partial charge in [-0.1, -0.05) is 5.16 Å². The van der Waals surface area contributed by atoms with Crippen molar-refractivity contribution in [3.05, 3.63) is 57.1 Å². The molecule has 2 aliphatic rings. The van der Waals surface area contributed by atoms with Crippen LogP contribution in [0, 0.1) is 12.7 Å². The average molecular weight is 435 g/mol. The summed E-state index contributed by atoms with van der Waals surface area (Å²) in [5, 5.41) is 2.21. The minimum absolute atomic E-state index is 0.407. The predicted octanol–water partition coefficient (Wildman–Crippen LogP) is 3.59. The van der Waals surface area contributed by atoms with Crippen LogP contribution >= 0.6 is 0 Å². The molecule has 0 amide bonds. The monoisotopic (exact) mass is 434 g/mol. The number of halogens is 1. The van der Waals surface area contributed by atoms with Gasteiger partial charge in [-0.2, -0.15) is 0 Å². The van der Waals surface area contributed by atoms with Crippen molar-refractivity contribution in [2.24, 2.45) is 0 Å². The van der Waals surface area contributed by atoms with Gasteiger partial charge in [-0.25, -0.2) is 9.37 Å². The standard InChI is InChI=1S/C23H27FN4O2/c1-15-18(23(29)28-10-3-2-4-21(28)25-15)9-13-27-11-7-16(8-12-27)22-19-6-5-17(24)14-20(19)30-26-22/h5-6,14,16H,2-4,7-13H2,1H3/i2D2,3D2,4D2,5D,6D,7D2,8D2,9D2,10D2,11D2,12D2,13D2,14D,16D. The first-order valence-electron chi connectivity index (χ1n) is 20.3. The molecule has 1 fully saturated rings. The van der Waals surface area contributed by atoms with E-state index in [9.17, 15) is 9.18 Å². The van der Waals surface area contributed by atoms with Crippen molar-refractivity contribution >= 4 is 11.0 Å². The van der Waals surface area contributed by atoms with Crippen LogP contribution in [0.15, 0.2) is 27.4 Å². The molecule has 2 aromatic heterocycles. The number of hydrogen-bond donors (Lipinski definition) is 0. The zero-order chi connectivity index (χ0) is 42.1. The molecule has 0 bridgehead atoms. The van der Waals surface area contributed by atoms with E-state index in [4.69, 9.17) is 37.4 Å². The second-order valence-corrected chi connectivity index (χ2v) is 5.87. The maximum absolute atomic E-state index is 14.5. The van der Waals surface area contributed by atoms with Crippen molar-refractivity contribution in [2.75, 3.05) is 19.5 Å². The van der Waals surface area contributed by atoms with Gasteiger partial charge in [0.05, 0.1) is 9.81 Å². The quantitative estimate of drug-likeness (QED) is 0.628. The maximum Gasteiger partial charge on any atom is 0.256 e. The van der Waals surface area contributed by atoms with Gasteiger partial charge in [-0.15, -0.1) is 0 Å². The Bertz CT molecular complexity index is 2150. The number of aromatic nitrogens is 3. The lowest BCUT2D eigenvalue weighted by Crippen LogP contribution is -2.37. The number of rotatable bonds is 4. The predicted molar refractivity (Wildman–Crippen MR) is 112 cm³/mol. The third-order valence-corrected chi connectivity index (χ3v) is 4.00. The molecule has 158 valence electrons. The molecule has 0 spiro atoms. The fourth-order valence-corrected chi connectivity index (χ4v) is 2.61. The summed E-state index contributed by atoms with van der Waals surface area (Å²) in [6.45, 7) is -16.6. The number of benzene rings is 1. The van der Waals surface area contributed by atoms with Gasteiger partial charge >= 0.3 is 0 Å². The van der Waals surface area contributed by atoms with Crippen LogP contribution in [0.1, 0.15) is 87.1 Å². The Morgan fingerprint density at radius 3 is 3.03 bits per heavy atom. The summed E-state index contributed by atoms with van der Waals surface area (Å²) in [7, 11) is 0. The van der Waals surface area contributed by atoms with Gasteiger partial charge in [0.25, 0.3) is 5.56 Å². The van der Waals surface area contributed by atoms with Gasteiger partial charge < -0.3 is 9.42 Å². The van der Waals surface area contributed by atoms with Crippen molar-refractivity contribution in [1.82, 2.24) is 19.6 Å². The van der Waals surface area contributed by atoms with Gasteiger partial charge in [-0.05, 0) is 63.9 Å². The highest BCUT2D eigenvalue weighted by Gasteiger charge is 2.25. The van der Waals surface area contributed by atoms with Crippen LogP contribution in [0.3, 0.4) is 0 Å². The number of nitrogens with zero attached hydrogens (tertiary/aromatic N) is 4. The highest BCUT2D eigenvalue weighted by molar-refractivity contribution is 5.79. The molecule has 4 heterocycles. The SMILES string of the molecule is [2H]c1c(F)c([2H])c2onc(C3([2H])C([2H])([2H])C([2H])([2H])N(C([2H])([2H])C([2H])([2H])c4c(C)nc5n(c4=O)C([2H])([2H])C([2H])([2H])C([2H])([2H])C5([2H])[2H])C([2H])([2H])C3([2H])[2H])c2c1[2H]. The Kier molecular flexibility index (Phi) is 1.66. The van der Waals surface area contributed by atoms with E-state index in [2.05, 4.69) is 10.1 Å². The van der Waals surface area contributed by atoms with Crippen LogP contribution in [-0.2, 0) is 19.2 Å². The Morgan fingerprint density at radius 2 is 2.20 bits per heavy atom. The molecule has 0 saturated carbocycles. The van der Waals surface area contributed by atoms with E-state index in [1.165, 1.54) is 0 Å². The third kappa shape index (κ3) is 3.55. The first kappa shape index (κ1) is 6.25. The molecule has 3 aromatic rings. The summed E-state index contributed by atoms with van der Waals surface area (Å²) >= 11 is 0. The first-order valence-corrected chi connectivity index (χ1v) is 8.29. The van der Waals surface area contributed by atoms with E-state index < -0.39 is 143 Å². The Labute approximate surface area is 208 Å². The van der Waals surface area contributed by atoms with Crippen LogP contribution in [0.4, 0.5) is 4.39 Å². The number of fused-ring (bicyclic) bond motifs is 2. The Morgan fingerprint density at radius 1 is 1.37 bits per heavy atom. The molecule has 7 heteroatoms. The van der Waals surface area contributed by atoms with Gasteiger partial charge in [0.2, 0.25) is 0 Å². The molecule has 2 aliphatic heterocycles. The Hall–Kier alpha value is -2.54. The number of aryl methyl sites for hydroxylation is 2. The summed E-state index contributed by atoms with van der Waals surface area (Å²) in [6, 6.07) is -3.89. The molecule has 1 saturated heterocycles. The molecule has 0 aliphatic carbocycles.